The lowest BCUT2D eigenvalue weighted by Crippen LogP contribution is -2.35. The van der Waals surface area contributed by atoms with Gasteiger partial charge < -0.3 is 14.7 Å². The molecule has 1 N–H and O–H groups in total. The van der Waals surface area contributed by atoms with Crippen LogP contribution in [-0.4, -0.2) is 34.8 Å². The highest BCUT2D eigenvalue weighted by molar-refractivity contribution is 5.44. The van der Waals surface area contributed by atoms with Crippen molar-refractivity contribution in [1.29, 1.82) is 0 Å². The van der Waals surface area contributed by atoms with Gasteiger partial charge in [0.2, 0.25) is 5.95 Å². The molecule has 3 aromatic rings. The van der Waals surface area contributed by atoms with Crippen LogP contribution in [0, 0.1) is 12.8 Å². The second-order valence-electron chi connectivity index (χ2n) is 9.25. The average Bonchev–Trinajstić information content (AvgIpc) is 3.29. The number of hydrogen-bond donors (Lipinski definition) is 1. The van der Waals surface area contributed by atoms with Crippen molar-refractivity contribution in [2.75, 3.05) is 24.6 Å². The first kappa shape index (κ1) is 21.0. The van der Waals surface area contributed by atoms with Crippen LogP contribution in [0.25, 0.3) is 0 Å². The van der Waals surface area contributed by atoms with E-state index >= 15 is 0 Å². The third-order valence-corrected chi connectivity index (χ3v) is 7.13. The van der Waals surface area contributed by atoms with E-state index < -0.39 is 0 Å². The van der Waals surface area contributed by atoms with Crippen molar-refractivity contribution in [3.8, 4) is 5.75 Å². The highest BCUT2D eigenvalue weighted by Crippen LogP contribution is 2.49. The van der Waals surface area contributed by atoms with Crippen molar-refractivity contribution in [3.63, 3.8) is 0 Å². The Morgan fingerprint density at radius 1 is 1.03 bits per heavy atom. The first-order chi connectivity index (χ1) is 15.7. The quantitative estimate of drug-likeness (QED) is 0.592. The van der Waals surface area contributed by atoms with Crippen LogP contribution in [-0.2, 0) is 12.0 Å². The first-order valence-electron chi connectivity index (χ1n) is 11.6. The molecule has 5 heteroatoms. The number of hydrogen-bond acceptors (Lipinski definition) is 5. The van der Waals surface area contributed by atoms with E-state index in [1.165, 1.54) is 36.0 Å². The van der Waals surface area contributed by atoms with Crippen molar-refractivity contribution in [2.45, 2.75) is 44.6 Å². The fourth-order valence-electron chi connectivity index (χ4n) is 4.96. The molecule has 32 heavy (non-hydrogen) atoms. The van der Waals surface area contributed by atoms with Gasteiger partial charge in [-0.25, -0.2) is 9.97 Å². The van der Waals surface area contributed by atoms with E-state index in [2.05, 4.69) is 70.3 Å². The molecule has 2 heterocycles. The SMILES string of the molecule is Cc1ccc(C2(c3ccc(OCc4ccnc(N5CCC(CO)C5)n4)cc3)CCC2)cc1. The summed E-state index contributed by atoms with van der Waals surface area (Å²) in [5.74, 6) is 1.90. The molecule has 1 unspecified atom stereocenters. The second kappa shape index (κ2) is 8.91. The number of aliphatic hydroxyl groups is 1. The van der Waals surface area contributed by atoms with Crippen molar-refractivity contribution < 1.29 is 9.84 Å². The first-order valence-corrected chi connectivity index (χ1v) is 11.6. The summed E-state index contributed by atoms with van der Waals surface area (Å²) in [5, 5.41) is 9.37. The zero-order chi connectivity index (χ0) is 22.0. The standard InChI is InChI=1S/C27H31N3O2/c1-20-3-5-22(6-4-20)27(13-2-14-27)23-7-9-25(10-8-23)32-19-24-11-15-28-26(29-24)30-16-12-21(17-30)18-31/h3-11,15,21,31H,2,12-14,16-19H2,1H3. The van der Waals surface area contributed by atoms with E-state index in [0.717, 1.165) is 36.9 Å². The molecule has 2 aliphatic rings. The molecule has 1 atom stereocenters. The highest BCUT2D eigenvalue weighted by Gasteiger charge is 2.40. The molecule has 1 saturated heterocycles. The molecule has 1 aliphatic heterocycles. The monoisotopic (exact) mass is 429 g/mol. The molecule has 1 saturated carbocycles. The Morgan fingerprint density at radius 3 is 2.38 bits per heavy atom. The predicted octanol–water partition coefficient (Wildman–Crippen LogP) is 4.65. The van der Waals surface area contributed by atoms with Gasteiger partial charge in [0.05, 0.1) is 5.69 Å². The normalized spacial score (nSPS) is 19.6. The minimum absolute atomic E-state index is 0.149. The molecule has 0 amide bonds. The van der Waals surface area contributed by atoms with Crippen LogP contribution in [0.2, 0.25) is 0 Å². The number of ether oxygens (including phenoxy) is 1. The van der Waals surface area contributed by atoms with Gasteiger partial charge in [0.15, 0.2) is 0 Å². The summed E-state index contributed by atoms with van der Waals surface area (Å²) in [6.07, 6.45) is 6.45. The van der Waals surface area contributed by atoms with Gasteiger partial charge in [-0.3, -0.25) is 0 Å². The van der Waals surface area contributed by atoms with E-state index in [9.17, 15) is 5.11 Å². The van der Waals surface area contributed by atoms with Crippen LogP contribution in [0.3, 0.4) is 0 Å². The van der Waals surface area contributed by atoms with E-state index in [1.54, 1.807) is 6.20 Å². The Balaban J connectivity index is 1.25. The molecule has 1 aliphatic carbocycles. The van der Waals surface area contributed by atoms with Crippen LogP contribution < -0.4 is 9.64 Å². The summed E-state index contributed by atoms with van der Waals surface area (Å²) in [5.41, 5.74) is 5.11. The highest BCUT2D eigenvalue weighted by atomic mass is 16.5. The van der Waals surface area contributed by atoms with E-state index in [-0.39, 0.29) is 12.0 Å². The minimum Gasteiger partial charge on any atom is -0.487 e. The Hall–Kier alpha value is -2.92. The number of benzene rings is 2. The van der Waals surface area contributed by atoms with Gasteiger partial charge in [-0.2, -0.15) is 0 Å². The molecule has 0 radical (unpaired) electrons. The zero-order valence-corrected chi connectivity index (χ0v) is 18.7. The minimum atomic E-state index is 0.149. The molecule has 2 aromatic carbocycles. The fourth-order valence-corrected chi connectivity index (χ4v) is 4.96. The molecule has 1 aromatic heterocycles. The third-order valence-electron chi connectivity index (χ3n) is 7.13. The lowest BCUT2D eigenvalue weighted by molar-refractivity contribution is 0.238. The lowest BCUT2D eigenvalue weighted by atomic mass is 9.60. The van der Waals surface area contributed by atoms with Gasteiger partial charge in [0.25, 0.3) is 0 Å². The van der Waals surface area contributed by atoms with Gasteiger partial charge in [-0.05, 0) is 55.5 Å². The van der Waals surface area contributed by atoms with Crippen LogP contribution in [0.1, 0.15) is 48.1 Å². The number of aromatic nitrogens is 2. The van der Waals surface area contributed by atoms with Crippen LogP contribution in [0.5, 0.6) is 5.75 Å². The van der Waals surface area contributed by atoms with Gasteiger partial charge in [0.1, 0.15) is 12.4 Å². The smallest absolute Gasteiger partial charge is 0.225 e. The third kappa shape index (κ3) is 4.09. The van der Waals surface area contributed by atoms with Crippen molar-refractivity contribution in [3.05, 3.63) is 83.2 Å². The maximum absolute atomic E-state index is 9.37. The number of anilines is 1. The maximum Gasteiger partial charge on any atom is 0.225 e. The summed E-state index contributed by atoms with van der Waals surface area (Å²) in [6, 6.07) is 19.5. The predicted molar refractivity (Wildman–Crippen MR) is 126 cm³/mol. The average molecular weight is 430 g/mol. The largest absolute Gasteiger partial charge is 0.487 e. The molecule has 5 nitrogen and oxygen atoms in total. The molecule has 0 spiro atoms. The number of nitrogens with zero attached hydrogens (tertiary/aromatic N) is 3. The molecular formula is C27H31N3O2. The maximum atomic E-state index is 9.37. The van der Waals surface area contributed by atoms with Crippen molar-refractivity contribution in [1.82, 2.24) is 9.97 Å². The molecule has 2 fully saturated rings. The molecular weight excluding hydrogens is 398 g/mol. The Kier molecular flexibility index (Phi) is 5.83. The summed E-state index contributed by atoms with van der Waals surface area (Å²) < 4.78 is 6.04. The van der Waals surface area contributed by atoms with Crippen LogP contribution in [0.15, 0.2) is 60.8 Å². The van der Waals surface area contributed by atoms with Crippen molar-refractivity contribution >= 4 is 5.95 Å². The van der Waals surface area contributed by atoms with E-state index in [1.807, 2.05) is 6.07 Å². The Labute approximate surface area is 190 Å². The zero-order valence-electron chi connectivity index (χ0n) is 18.7. The van der Waals surface area contributed by atoms with Crippen molar-refractivity contribution in [2.24, 2.45) is 5.92 Å². The summed E-state index contributed by atoms with van der Waals surface area (Å²) >= 11 is 0. The number of aliphatic hydroxyl groups excluding tert-OH is 1. The lowest BCUT2D eigenvalue weighted by Gasteiger charge is -2.43. The number of rotatable bonds is 7. The number of aryl methyl sites for hydroxylation is 1. The fraction of sp³-hybridized carbons (Fsp3) is 0.407. The van der Waals surface area contributed by atoms with E-state index in [4.69, 9.17) is 4.74 Å². The van der Waals surface area contributed by atoms with Gasteiger partial charge in [0, 0.05) is 37.2 Å². The van der Waals surface area contributed by atoms with Gasteiger partial charge in [-0.15, -0.1) is 0 Å². The Morgan fingerprint density at radius 2 is 1.75 bits per heavy atom. The van der Waals surface area contributed by atoms with Crippen LogP contribution in [0.4, 0.5) is 5.95 Å². The summed E-state index contributed by atoms with van der Waals surface area (Å²) in [7, 11) is 0. The van der Waals surface area contributed by atoms with E-state index in [0.29, 0.717) is 12.5 Å². The van der Waals surface area contributed by atoms with Gasteiger partial charge in [-0.1, -0.05) is 48.4 Å². The van der Waals surface area contributed by atoms with Crippen LogP contribution >= 0.6 is 0 Å². The Bertz CT molecular complexity index is 1050. The van der Waals surface area contributed by atoms with Gasteiger partial charge >= 0.3 is 0 Å². The topological polar surface area (TPSA) is 58.5 Å². The summed E-state index contributed by atoms with van der Waals surface area (Å²) in [4.78, 5) is 11.2. The summed E-state index contributed by atoms with van der Waals surface area (Å²) in [6.45, 7) is 4.47. The molecule has 0 bridgehead atoms. The molecule has 166 valence electrons. The second-order valence-corrected chi connectivity index (χ2v) is 9.25. The molecule has 5 rings (SSSR count).